The number of amides is 2. The average molecular weight is 316 g/mol. The molecule has 0 aliphatic carbocycles. The molecule has 1 aromatic carbocycles. The molecule has 0 fully saturated rings. The van der Waals surface area contributed by atoms with E-state index in [-0.39, 0.29) is 18.4 Å². The van der Waals surface area contributed by atoms with Gasteiger partial charge in [-0.2, -0.15) is 0 Å². The molecule has 0 radical (unpaired) electrons. The number of fused-ring (bicyclic) bond motifs is 1. The van der Waals surface area contributed by atoms with Crippen molar-refractivity contribution in [1.29, 1.82) is 0 Å². The minimum Gasteiger partial charge on any atom is -0.411 e. The van der Waals surface area contributed by atoms with E-state index in [0.717, 1.165) is 6.21 Å². The third-order valence-corrected chi connectivity index (χ3v) is 3.67. The lowest BCUT2D eigenvalue weighted by molar-refractivity contribution is -0.130. The number of para-hydroxylation sites is 2. The van der Waals surface area contributed by atoms with E-state index < -0.39 is 11.8 Å². The van der Waals surface area contributed by atoms with Gasteiger partial charge in [-0.15, -0.1) is 5.16 Å². The predicted octanol–water partition coefficient (Wildman–Crippen LogP) is 1.58. The fourth-order valence-electron chi connectivity index (χ4n) is 2.48. The second kappa shape index (κ2) is 7.04. The maximum Gasteiger partial charge on any atom is 0.245 e. The quantitative estimate of drug-likeness (QED) is 0.382. The number of nitrogens with zero attached hydrogens (tertiary/aromatic N) is 3. The number of hydrogen-bond donors (Lipinski definition) is 2. The SMILES string of the molecule is CC(C)C1=Nc2ccccc2N(C)C(=O)C1C(=O)NCC=NO. The molecule has 0 saturated heterocycles. The van der Waals surface area contributed by atoms with Crippen LogP contribution < -0.4 is 10.2 Å². The molecule has 122 valence electrons. The molecular weight excluding hydrogens is 296 g/mol. The Morgan fingerprint density at radius 1 is 1.48 bits per heavy atom. The molecule has 1 atom stereocenters. The summed E-state index contributed by atoms with van der Waals surface area (Å²) in [7, 11) is 1.63. The Hall–Kier alpha value is -2.70. The van der Waals surface area contributed by atoms with Crippen molar-refractivity contribution in [2.24, 2.45) is 22.0 Å². The number of carbonyl (C=O) groups is 2. The first-order chi connectivity index (χ1) is 11.0. The maximum atomic E-state index is 12.8. The molecule has 23 heavy (non-hydrogen) atoms. The van der Waals surface area contributed by atoms with Crippen molar-refractivity contribution >= 4 is 35.1 Å². The Morgan fingerprint density at radius 3 is 2.83 bits per heavy atom. The van der Waals surface area contributed by atoms with Crippen LogP contribution in [0.5, 0.6) is 0 Å². The number of carbonyl (C=O) groups excluding carboxylic acids is 2. The van der Waals surface area contributed by atoms with Crippen LogP contribution in [-0.4, -0.2) is 42.5 Å². The van der Waals surface area contributed by atoms with Crippen LogP contribution in [0, 0.1) is 11.8 Å². The fourth-order valence-corrected chi connectivity index (χ4v) is 2.48. The van der Waals surface area contributed by atoms with E-state index in [2.05, 4.69) is 15.5 Å². The monoisotopic (exact) mass is 316 g/mol. The molecule has 2 N–H and O–H groups in total. The van der Waals surface area contributed by atoms with E-state index in [1.165, 1.54) is 4.90 Å². The predicted molar refractivity (Wildman–Crippen MR) is 88.6 cm³/mol. The lowest BCUT2D eigenvalue weighted by Gasteiger charge is -2.22. The van der Waals surface area contributed by atoms with Gasteiger partial charge in [-0.3, -0.25) is 14.6 Å². The van der Waals surface area contributed by atoms with Gasteiger partial charge >= 0.3 is 0 Å². The summed E-state index contributed by atoms with van der Waals surface area (Å²) in [6.45, 7) is 3.84. The molecule has 1 heterocycles. The van der Waals surface area contributed by atoms with Gasteiger partial charge in [0.05, 0.1) is 24.1 Å². The number of rotatable bonds is 4. The van der Waals surface area contributed by atoms with Crippen LogP contribution in [0.15, 0.2) is 34.4 Å². The van der Waals surface area contributed by atoms with Crippen LogP contribution in [0.1, 0.15) is 13.8 Å². The summed E-state index contributed by atoms with van der Waals surface area (Å²) in [5, 5.41) is 13.8. The zero-order valence-corrected chi connectivity index (χ0v) is 13.4. The number of hydrogen-bond acceptors (Lipinski definition) is 5. The second-order valence-electron chi connectivity index (χ2n) is 5.55. The molecule has 1 aromatic rings. The van der Waals surface area contributed by atoms with E-state index in [1.54, 1.807) is 13.1 Å². The zero-order chi connectivity index (χ0) is 17.0. The minimum atomic E-state index is -1.00. The highest BCUT2D eigenvalue weighted by atomic mass is 16.4. The van der Waals surface area contributed by atoms with Crippen molar-refractivity contribution in [3.05, 3.63) is 24.3 Å². The van der Waals surface area contributed by atoms with E-state index in [0.29, 0.717) is 17.1 Å². The van der Waals surface area contributed by atoms with Crippen molar-refractivity contribution in [3.63, 3.8) is 0 Å². The van der Waals surface area contributed by atoms with Gasteiger partial charge in [0.25, 0.3) is 0 Å². The van der Waals surface area contributed by atoms with Crippen molar-refractivity contribution in [2.45, 2.75) is 13.8 Å². The summed E-state index contributed by atoms with van der Waals surface area (Å²) >= 11 is 0. The Kier molecular flexibility index (Phi) is 5.10. The highest BCUT2D eigenvalue weighted by Gasteiger charge is 2.38. The van der Waals surface area contributed by atoms with Gasteiger partial charge in [0.15, 0.2) is 5.92 Å². The van der Waals surface area contributed by atoms with Gasteiger partial charge in [0.2, 0.25) is 11.8 Å². The number of nitrogens with one attached hydrogen (secondary N) is 1. The highest BCUT2D eigenvalue weighted by Crippen LogP contribution is 2.33. The Bertz CT molecular complexity index is 667. The van der Waals surface area contributed by atoms with Gasteiger partial charge < -0.3 is 15.4 Å². The topological polar surface area (TPSA) is 94.4 Å². The summed E-state index contributed by atoms with van der Waals surface area (Å²) in [6, 6.07) is 7.29. The van der Waals surface area contributed by atoms with Crippen LogP contribution in [-0.2, 0) is 9.59 Å². The summed E-state index contributed by atoms with van der Waals surface area (Å²) in [6.07, 6.45) is 1.14. The number of benzene rings is 1. The molecule has 1 aliphatic heterocycles. The number of aliphatic imine (C=N–C) groups is 1. The third-order valence-electron chi connectivity index (χ3n) is 3.67. The molecule has 7 heteroatoms. The number of anilines is 1. The second-order valence-corrected chi connectivity index (χ2v) is 5.55. The number of oxime groups is 1. The Balaban J connectivity index is 2.45. The van der Waals surface area contributed by atoms with Crippen LogP contribution in [0.3, 0.4) is 0 Å². The third kappa shape index (κ3) is 3.39. The van der Waals surface area contributed by atoms with Gasteiger partial charge in [-0.05, 0) is 18.1 Å². The lowest BCUT2D eigenvalue weighted by Crippen LogP contribution is -2.47. The van der Waals surface area contributed by atoms with Gasteiger partial charge in [0.1, 0.15) is 0 Å². The first-order valence-electron chi connectivity index (χ1n) is 7.36. The van der Waals surface area contributed by atoms with Crippen molar-refractivity contribution in [1.82, 2.24) is 5.32 Å². The Labute approximate surface area is 134 Å². The van der Waals surface area contributed by atoms with E-state index >= 15 is 0 Å². The molecule has 0 saturated carbocycles. The molecule has 1 aliphatic rings. The summed E-state index contributed by atoms with van der Waals surface area (Å²) in [4.78, 5) is 31.3. The molecular formula is C16H20N4O3. The van der Waals surface area contributed by atoms with E-state index in [4.69, 9.17) is 5.21 Å². The summed E-state index contributed by atoms with van der Waals surface area (Å²) in [5.74, 6) is -1.86. The Morgan fingerprint density at radius 2 is 2.17 bits per heavy atom. The van der Waals surface area contributed by atoms with Gasteiger partial charge in [-0.25, -0.2) is 0 Å². The first kappa shape index (κ1) is 16.7. The summed E-state index contributed by atoms with van der Waals surface area (Å²) < 4.78 is 0. The zero-order valence-electron chi connectivity index (χ0n) is 13.4. The molecule has 7 nitrogen and oxygen atoms in total. The van der Waals surface area contributed by atoms with Crippen molar-refractivity contribution in [3.8, 4) is 0 Å². The van der Waals surface area contributed by atoms with E-state index in [9.17, 15) is 9.59 Å². The molecule has 0 aromatic heterocycles. The van der Waals surface area contributed by atoms with Gasteiger partial charge in [0, 0.05) is 12.8 Å². The van der Waals surface area contributed by atoms with E-state index in [1.807, 2.05) is 32.0 Å². The normalized spacial score (nSPS) is 17.9. The van der Waals surface area contributed by atoms with Crippen molar-refractivity contribution < 1.29 is 14.8 Å². The minimum absolute atomic E-state index is 0.0428. The van der Waals surface area contributed by atoms with Gasteiger partial charge in [-0.1, -0.05) is 26.0 Å². The average Bonchev–Trinajstić information content (AvgIpc) is 2.64. The van der Waals surface area contributed by atoms with Crippen LogP contribution in [0.2, 0.25) is 0 Å². The maximum absolute atomic E-state index is 12.8. The molecule has 1 unspecified atom stereocenters. The fraction of sp³-hybridized carbons (Fsp3) is 0.375. The highest BCUT2D eigenvalue weighted by molar-refractivity contribution is 6.25. The summed E-state index contributed by atoms with van der Waals surface area (Å²) in [5.41, 5.74) is 1.85. The first-order valence-corrected chi connectivity index (χ1v) is 7.36. The molecule has 0 bridgehead atoms. The van der Waals surface area contributed by atoms with Crippen molar-refractivity contribution in [2.75, 3.05) is 18.5 Å². The molecule has 2 rings (SSSR count). The lowest BCUT2D eigenvalue weighted by atomic mass is 9.92. The molecule has 0 spiro atoms. The van der Waals surface area contributed by atoms with Crippen LogP contribution >= 0.6 is 0 Å². The smallest absolute Gasteiger partial charge is 0.245 e. The standard InChI is InChI=1S/C16H20N4O3/c1-10(2)14-13(15(21)17-8-9-18-23)16(22)20(3)12-7-5-4-6-11(12)19-14/h4-7,9-10,13,23H,8H2,1-3H3,(H,17,21). The van der Waals surface area contributed by atoms with Crippen LogP contribution in [0.25, 0.3) is 0 Å². The van der Waals surface area contributed by atoms with Crippen LogP contribution in [0.4, 0.5) is 11.4 Å². The largest absolute Gasteiger partial charge is 0.411 e. The molecule has 2 amide bonds.